The number of hydrogen-bond donors (Lipinski definition) is 4. The first-order valence-electron chi connectivity index (χ1n) is 5.40. The number of carboxylic acids is 1. The van der Waals surface area contributed by atoms with Gasteiger partial charge in [-0.05, 0) is 12.8 Å². The third kappa shape index (κ3) is 3.44. The summed E-state index contributed by atoms with van der Waals surface area (Å²) in [6.45, 7) is 1.09. The average Bonchev–Trinajstić information content (AvgIpc) is 2.67. The Morgan fingerprint density at radius 1 is 1.47 bits per heavy atom. The van der Waals surface area contributed by atoms with Gasteiger partial charge in [-0.25, -0.2) is 0 Å². The largest absolute Gasteiger partial charge is 0.480 e. The summed E-state index contributed by atoms with van der Waals surface area (Å²) >= 11 is 0. The van der Waals surface area contributed by atoms with Gasteiger partial charge in [-0.2, -0.15) is 0 Å². The molecule has 0 aromatic carbocycles. The molecule has 5 heteroatoms. The Labute approximate surface area is 89.7 Å². The summed E-state index contributed by atoms with van der Waals surface area (Å²) < 4.78 is 0. The molecular weight excluding hydrogens is 196 g/mol. The zero-order valence-corrected chi connectivity index (χ0v) is 8.91. The van der Waals surface area contributed by atoms with Crippen molar-refractivity contribution in [3.05, 3.63) is 0 Å². The fourth-order valence-electron chi connectivity index (χ4n) is 2.10. The molecule has 0 radical (unpaired) electrons. The number of nitrogens with one attached hydrogen (secondary N) is 1. The second-order valence-electron chi connectivity index (χ2n) is 4.44. The van der Waals surface area contributed by atoms with Crippen molar-refractivity contribution in [2.45, 2.75) is 31.7 Å². The van der Waals surface area contributed by atoms with Crippen molar-refractivity contribution in [2.24, 2.45) is 11.1 Å². The summed E-state index contributed by atoms with van der Waals surface area (Å²) in [5, 5.41) is 20.9. The Balaban J connectivity index is 2.26. The maximum atomic E-state index is 10.5. The van der Waals surface area contributed by atoms with E-state index in [1.165, 1.54) is 0 Å². The van der Waals surface area contributed by atoms with Crippen LogP contribution in [0.15, 0.2) is 0 Å². The van der Waals surface area contributed by atoms with Gasteiger partial charge in [0.1, 0.15) is 6.04 Å². The molecule has 1 unspecified atom stereocenters. The van der Waals surface area contributed by atoms with Crippen LogP contribution in [0.1, 0.15) is 25.7 Å². The molecular formula is C10H20N2O3. The van der Waals surface area contributed by atoms with Gasteiger partial charge in [0.2, 0.25) is 0 Å². The molecule has 0 saturated heterocycles. The molecule has 1 aliphatic carbocycles. The van der Waals surface area contributed by atoms with Gasteiger partial charge in [0, 0.05) is 25.1 Å². The van der Waals surface area contributed by atoms with Crippen molar-refractivity contribution in [3.63, 3.8) is 0 Å². The molecule has 1 rings (SSSR count). The topological polar surface area (TPSA) is 95.6 Å². The SMILES string of the molecule is NC(CNCC1(CO)CCCC1)C(=O)O. The highest BCUT2D eigenvalue weighted by Gasteiger charge is 2.32. The monoisotopic (exact) mass is 216 g/mol. The first kappa shape index (κ1) is 12.4. The number of aliphatic hydroxyl groups excluding tert-OH is 1. The quantitative estimate of drug-likeness (QED) is 0.482. The molecule has 0 spiro atoms. The number of carbonyl (C=O) groups is 1. The van der Waals surface area contributed by atoms with Crippen LogP contribution >= 0.6 is 0 Å². The maximum absolute atomic E-state index is 10.5. The van der Waals surface area contributed by atoms with Crippen molar-refractivity contribution in [1.82, 2.24) is 5.32 Å². The first-order valence-corrected chi connectivity index (χ1v) is 5.40. The van der Waals surface area contributed by atoms with Crippen LogP contribution in [-0.2, 0) is 4.79 Å². The summed E-state index contributed by atoms with van der Waals surface area (Å²) in [7, 11) is 0. The van der Waals surface area contributed by atoms with Crippen LogP contribution in [0.5, 0.6) is 0 Å². The molecule has 5 nitrogen and oxygen atoms in total. The zero-order valence-electron chi connectivity index (χ0n) is 8.91. The van der Waals surface area contributed by atoms with Gasteiger partial charge in [0.15, 0.2) is 0 Å². The van der Waals surface area contributed by atoms with E-state index in [0.717, 1.165) is 25.7 Å². The molecule has 0 aliphatic heterocycles. The normalized spacial score (nSPS) is 21.5. The van der Waals surface area contributed by atoms with Crippen LogP contribution in [0.25, 0.3) is 0 Å². The second kappa shape index (κ2) is 5.44. The Morgan fingerprint density at radius 3 is 2.53 bits per heavy atom. The van der Waals surface area contributed by atoms with E-state index in [0.29, 0.717) is 6.54 Å². The Hall–Kier alpha value is -0.650. The molecule has 0 aromatic heterocycles. The van der Waals surface area contributed by atoms with E-state index in [1.807, 2.05) is 0 Å². The van der Waals surface area contributed by atoms with Crippen LogP contribution in [0.3, 0.4) is 0 Å². The Morgan fingerprint density at radius 2 is 2.07 bits per heavy atom. The van der Waals surface area contributed by atoms with Gasteiger partial charge >= 0.3 is 5.97 Å². The third-order valence-corrected chi connectivity index (χ3v) is 3.18. The highest BCUT2D eigenvalue weighted by Crippen LogP contribution is 2.36. The zero-order chi connectivity index (χ0) is 11.3. The van der Waals surface area contributed by atoms with Crippen molar-refractivity contribution in [1.29, 1.82) is 0 Å². The lowest BCUT2D eigenvalue weighted by Gasteiger charge is -2.27. The molecule has 15 heavy (non-hydrogen) atoms. The van der Waals surface area contributed by atoms with Crippen LogP contribution in [0, 0.1) is 5.41 Å². The van der Waals surface area contributed by atoms with Crippen molar-refractivity contribution in [3.8, 4) is 0 Å². The third-order valence-electron chi connectivity index (χ3n) is 3.18. The molecule has 5 N–H and O–H groups in total. The lowest BCUT2D eigenvalue weighted by Crippen LogP contribution is -2.44. The van der Waals surface area contributed by atoms with Crippen molar-refractivity contribution >= 4 is 5.97 Å². The maximum Gasteiger partial charge on any atom is 0.321 e. The fourth-order valence-corrected chi connectivity index (χ4v) is 2.10. The minimum Gasteiger partial charge on any atom is -0.480 e. The van der Waals surface area contributed by atoms with E-state index in [-0.39, 0.29) is 18.6 Å². The molecule has 1 fully saturated rings. The van der Waals surface area contributed by atoms with Crippen LogP contribution in [-0.4, -0.2) is 41.9 Å². The molecule has 88 valence electrons. The van der Waals surface area contributed by atoms with Gasteiger partial charge < -0.3 is 21.3 Å². The molecule has 0 bridgehead atoms. The number of carboxylic acid groups (broad SMARTS) is 1. The summed E-state index contributed by atoms with van der Waals surface area (Å²) in [5.41, 5.74) is 5.32. The standard InChI is InChI=1S/C10H20N2O3/c11-8(9(14)15)5-12-6-10(7-13)3-1-2-4-10/h8,12-13H,1-7,11H2,(H,14,15). The number of aliphatic carboxylic acids is 1. The van der Waals surface area contributed by atoms with Gasteiger partial charge in [0.05, 0.1) is 0 Å². The van der Waals surface area contributed by atoms with Crippen LogP contribution < -0.4 is 11.1 Å². The molecule has 1 aliphatic rings. The second-order valence-corrected chi connectivity index (χ2v) is 4.44. The van der Waals surface area contributed by atoms with E-state index < -0.39 is 12.0 Å². The highest BCUT2D eigenvalue weighted by atomic mass is 16.4. The molecule has 0 amide bonds. The fraction of sp³-hybridized carbons (Fsp3) is 0.900. The summed E-state index contributed by atoms with van der Waals surface area (Å²) in [5.74, 6) is -0.994. The summed E-state index contributed by atoms with van der Waals surface area (Å²) in [6.07, 6.45) is 4.32. The van der Waals surface area contributed by atoms with E-state index >= 15 is 0 Å². The highest BCUT2D eigenvalue weighted by molar-refractivity contribution is 5.73. The molecule has 1 atom stereocenters. The van der Waals surface area contributed by atoms with E-state index in [4.69, 9.17) is 10.8 Å². The van der Waals surface area contributed by atoms with E-state index in [9.17, 15) is 9.90 Å². The predicted octanol–water partition coefficient (Wildman–Crippen LogP) is -0.459. The van der Waals surface area contributed by atoms with E-state index in [1.54, 1.807) is 0 Å². The minimum atomic E-state index is -0.994. The first-order chi connectivity index (χ1) is 7.09. The van der Waals surface area contributed by atoms with Gasteiger partial charge in [-0.3, -0.25) is 4.79 Å². The molecule has 0 heterocycles. The van der Waals surface area contributed by atoms with E-state index in [2.05, 4.69) is 5.32 Å². The number of nitrogens with two attached hydrogens (primary N) is 1. The average molecular weight is 216 g/mol. The number of aliphatic hydroxyl groups is 1. The summed E-state index contributed by atoms with van der Waals surface area (Å²) in [6, 6.07) is -0.859. The van der Waals surface area contributed by atoms with Crippen molar-refractivity contribution in [2.75, 3.05) is 19.7 Å². The van der Waals surface area contributed by atoms with Gasteiger partial charge in [-0.1, -0.05) is 12.8 Å². The van der Waals surface area contributed by atoms with Gasteiger partial charge in [0.25, 0.3) is 0 Å². The summed E-state index contributed by atoms with van der Waals surface area (Å²) in [4.78, 5) is 10.5. The number of hydrogen-bond acceptors (Lipinski definition) is 4. The lowest BCUT2D eigenvalue weighted by molar-refractivity contribution is -0.138. The van der Waals surface area contributed by atoms with Gasteiger partial charge in [-0.15, -0.1) is 0 Å². The smallest absolute Gasteiger partial charge is 0.321 e. The van der Waals surface area contributed by atoms with Crippen LogP contribution in [0.4, 0.5) is 0 Å². The molecule has 1 saturated carbocycles. The minimum absolute atomic E-state index is 0.0434. The predicted molar refractivity (Wildman–Crippen MR) is 56.5 cm³/mol. The lowest BCUT2D eigenvalue weighted by atomic mass is 9.87. The number of rotatable bonds is 6. The van der Waals surface area contributed by atoms with Crippen LogP contribution in [0.2, 0.25) is 0 Å². The molecule has 0 aromatic rings. The Kier molecular flexibility index (Phi) is 4.50. The van der Waals surface area contributed by atoms with Crippen molar-refractivity contribution < 1.29 is 15.0 Å². The Bertz CT molecular complexity index is 215.